The monoisotopic (exact) mass is 365 g/mol. The second-order valence-electron chi connectivity index (χ2n) is 7.11. The molecule has 4 aromatic carbocycles. The summed E-state index contributed by atoms with van der Waals surface area (Å²) in [6.45, 7) is 0.180. The average molecular weight is 365 g/mol. The normalized spacial score (nSPS) is 15.0. The van der Waals surface area contributed by atoms with Gasteiger partial charge < -0.3 is 9.47 Å². The van der Waals surface area contributed by atoms with Crippen molar-refractivity contribution in [3.63, 3.8) is 0 Å². The highest BCUT2D eigenvalue weighted by Gasteiger charge is 2.26. The van der Waals surface area contributed by atoms with Gasteiger partial charge in [-0.15, -0.1) is 0 Å². The SMILES string of the molecule is O=C1CC(c2cccc3cc4ccccc4cc23)=Nc2cc3c(cc21)OCO3. The molecule has 0 unspecified atom stereocenters. The highest BCUT2D eigenvalue weighted by atomic mass is 16.7. The van der Waals surface area contributed by atoms with Crippen molar-refractivity contribution in [3.8, 4) is 11.5 Å². The van der Waals surface area contributed by atoms with Gasteiger partial charge in [-0.05, 0) is 39.7 Å². The maximum atomic E-state index is 12.8. The van der Waals surface area contributed by atoms with Crippen molar-refractivity contribution in [2.75, 3.05) is 6.79 Å². The first kappa shape index (κ1) is 15.4. The zero-order chi connectivity index (χ0) is 18.7. The molecule has 2 aliphatic heterocycles. The maximum Gasteiger partial charge on any atom is 0.231 e. The fraction of sp³-hybridized carbons (Fsp3) is 0.0833. The van der Waals surface area contributed by atoms with Gasteiger partial charge >= 0.3 is 0 Å². The summed E-state index contributed by atoms with van der Waals surface area (Å²) >= 11 is 0. The van der Waals surface area contributed by atoms with E-state index in [1.165, 1.54) is 10.8 Å². The minimum atomic E-state index is 0.0519. The summed E-state index contributed by atoms with van der Waals surface area (Å²) in [5, 5.41) is 4.63. The Hall–Kier alpha value is -3.66. The van der Waals surface area contributed by atoms with Crippen LogP contribution in [0.25, 0.3) is 21.5 Å². The molecule has 2 aliphatic rings. The number of Topliss-reactive ketones (excluding diaryl/α,β-unsaturated/α-hetero) is 1. The molecule has 0 aliphatic carbocycles. The average Bonchev–Trinajstić information content (AvgIpc) is 3.18. The molecule has 2 heterocycles. The molecule has 4 nitrogen and oxygen atoms in total. The number of aliphatic imine (C=N–C) groups is 1. The van der Waals surface area contributed by atoms with Gasteiger partial charge in [-0.1, -0.05) is 42.5 Å². The Morgan fingerprint density at radius 3 is 2.36 bits per heavy atom. The molecule has 0 atom stereocenters. The molecule has 0 bridgehead atoms. The first-order valence-corrected chi connectivity index (χ1v) is 9.22. The number of ketones is 1. The molecule has 4 aromatic rings. The second-order valence-corrected chi connectivity index (χ2v) is 7.11. The van der Waals surface area contributed by atoms with E-state index in [0.717, 1.165) is 22.0 Å². The third kappa shape index (κ3) is 2.24. The Bertz CT molecular complexity index is 1340. The van der Waals surface area contributed by atoms with E-state index in [-0.39, 0.29) is 19.0 Å². The van der Waals surface area contributed by atoms with Crippen LogP contribution >= 0.6 is 0 Å². The maximum absolute atomic E-state index is 12.8. The van der Waals surface area contributed by atoms with Gasteiger partial charge in [0.1, 0.15) is 0 Å². The van der Waals surface area contributed by atoms with Crippen molar-refractivity contribution < 1.29 is 14.3 Å². The molecule has 0 saturated carbocycles. The molecule has 0 spiro atoms. The highest BCUT2D eigenvalue weighted by Crippen LogP contribution is 2.41. The lowest BCUT2D eigenvalue weighted by Gasteiger charge is -2.17. The Kier molecular flexibility index (Phi) is 3.12. The van der Waals surface area contributed by atoms with Crippen molar-refractivity contribution >= 4 is 38.7 Å². The van der Waals surface area contributed by atoms with Crippen molar-refractivity contribution in [2.24, 2.45) is 4.99 Å². The van der Waals surface area contributed by atoms with Crippen LogP contribution < -0.4 is 9.47 Å². The van der Waals surface area contributed by atoms with E-state index in [1.54, 1.807) is 12.1 Å². The number of hydrogen-bond donors (Lipinski definition) is 0. The lowest BCUT2D eigenvalue weighted by molar-refractivity contribution is 0.0999. The molecule has 0 amide bonds. The summed E-state index contributed by atoms with van der Waals surface area (Å²) in [6, 6.07) is 22.4. The van der Waals surface area contributed by atoms with Gasteiger partial charge in [0.15, 0.2) is 17.3 Å². The van der Waals surface area contributed by atoms with Crippen LogP contribution in [0.4, 0.5) is 5.69 Å². The third-order valence-corrected chi connectivity index (χ3v) is 5.43. The molecule has 0 aromatic heterocycles. The highest BCUT2D eigenvalue weighted by molar-refractivity contribution is 6.24. The molecule has 6 rings (SSSR count). The molecule has 0 fully saturated rings. The van der Waals surface area contributed by atoms with E-state index in [1.807, 2.05) is 24.3 Å². The molecule has 0 radical (unpaired) electrons. The van der Waals surface area contributed by atoms with Crippen LogP contribution in [0.2, 0.25) is 0 Å². The van der Waals surface area contributed by atoms with E-state index in [9.17, 15) is 4.79 Å². The molecule has 0 N–H and O–H groups in total. The van der Waals surface area contributed by atoms with Crippen molar-refractivity contribution in [1.29, 1.82) is 0 Å². The largest absolute Gasteiger partial charge is 0.454 e. The predicted molar refractivity (Wildman–Crippen MR) is 109 cm³/mol. The number of fused-ring (bicyclic) bond motifs is 4. The lowest BCUT2D eigenvalue weighted by atomic mass is 9.92. The van der Waals surface area contributed by atoms with Crippen molar-refractivity contribution in [2.45, 2.75) is 6.42 Å². The van der Waals surface area contributed by atoms with E-state index in [0.29, 0.717) is 22.7 Å². The molecular weight excluding hydrogens is 350 g/mol. The third-order valence-electron chi connectivity index (χ3n) is 5.43. The van der Waals surface area contributed by atoms with Gasteiger partial charge in [0.25, 0.3) is 0 Å². The lowest BCUT2D eigenvalue weighted by Crippen LogP contribution is -2.14. The zero-order valence-corrected chi connectivity index (χ0v) is 14.9. The van der Waals surface area contributed by atoms with Crippen LogP contribution in [0.5, 0.6) is 11.5 Å². The van der Waals surface area contributed by atoms with Crippen LogP contribution in [0.3, 0.4) is 0 Å². The van der Waals surface area contributed by atoms with E-state index in [2.05, 4.69) is 30.3 Å². The number of carbonyl (C=O) groups excluding carboxylic acids is 1. The number of hydrogen-bond acceptors (Lipinski definition) is 4. The number of benzene rings is 4. The second kappa shape index (κ2) is 5.67. The first-order valence-electron chi connectivity index (χ1n) is 9.22. The fourth-order valence-corrected chi connectivity index (χ4v) is 4.05. The summed E-state index contributed by atoms with van der Waals surface area (Å²) in [6.07, 6.45) is 0.276. The topological polar surface area (TPSA) is 47.9 Å². The molecule has 4 heteroatoms. The predicted octanol–water partition coefficient (Wildman–Crippen LogP) is 5.43. The fourth-order valence-electron chi connectivity index (χ4n) is 4.05. The Morgan fingerprint density at radius 2 is 1.50 bits per heavy atom. The van der Waals surface area contributed by atoms with Gasteiger partial charge in [-0.3, -0.25) is 9.79 Å². The van der Waals surface area contributed by atoms with Gasteiger partial charge in [-0.2, -0.15) is 0 Å². The number of rotatable bonds is 1. The Labute approximate surface area is 161 Å². The van der Waals surface area contributed by atoms with E-state index < -0.39 is 0 Å². The van der Waals surface area contributed by atoms with E-state index >= 15 is 0 Å². The summed E-state index contributed by atoms with van der Waals surface area (Å²) in [5.74, 6) is 1.30. The van der Waals surface area contributed by atoms with Gasteiger partial charge in [0.05, 0.1) is 17.8 Å². The molecule has 0 saturated heterocycles. The molecular formula is C24H15NO3. The van der Waals surface area contributed by atoms with Crippen LogP contribution in [0, 0.1) is 0 Å². The minimum Gasteiger partial charge on any atom is -0.454 e. The van der Waals surface area contributed by atoms with Gasteiger partial charge in [0, 0.05) is 17.2 Å². The number of carbonyl (C=O) groups is 1. The van der Waals surface area contributed by atoms with Crippen molar-refractivity contribution in [3.05, 3.63) is 77.9 Å². The van der Waals surface area contributed by atoms with Gasteiger partial charge in [-0.25, -0.2) is 0 Å². The molecule has 28 heavy (non-hydrogen) atoms. The summed E-state index contributed by atoms with van der Waals surface area (Å²) in [7, 11) is 0. The quantitative estimate of drug-likeness (QED) is 0.423. The zero-order valence-electron chi connectivity index (χ0n) is 14.9. The standard InChI is InChI=1S/C24H15NO3/c26-22-11-20(25-21-12-24-23(10-19(21)22)27-13-28-24)17-7-3-6-16-8-14-4-1-2-5-15(14)9-18(16)17/h1-10,12H,11,13H2. The molecule has 134 valence electrons. The van der Waals surface area contributed by atoms with Crippen LogP contribution in [-0.4, -0.2) is 18.3 Å². The number of nitrogens with zero attached hydrogens (tertiary/aromatic N) is 1. The first-order chi connectivity index (χ1) is 13.8. The summed E-state index contributed by atoms with van der Waals surface area (Å²) in [4.78, 5) is 17.7. The van der Waals surface area contributed by atoms with Crippen molar-refractivity contribution in [1.82, 2.24) is 0 Å². The van der Waals surface area contributed by atoms with Crippen LogP contribution in [0.15, 0.2) is 71.7 Å². The Balaban J connectivity index is 1.57. The van der Waals surface area contributed by atoms with Crippen LogP contribution in [-0.2, 0) is 0 Å². The van der Waals surface area contributed by atoms with Crippen LogP contribution in [0.1, 0.15) is 22.3 Å². The van der Waals surface area contributed by atoms with Gasteiger partial charge in [0.2, 0.25) is 6.79 Å². The smallest absolute Gasteiger partial charge is 0.231 e. The Morgan fingerprint density at radius 1 is 0.750 bits per heavy atom. The number of ether oxygens (including phenoxy) is 2. The summed E-state index contributed by atoms with van der Waals surface area (Å²) in [5.41, 5.74) is 3.03. The van der Waals surface area contributed by atoms with E-state index in [4.69, 9.17) is 14.5 Å². The minimum absolute atomic E-state index is 0.0519. The summed E-state index contributed by atoms with van der Waals surface area (Å²) < 4.78 is 10.9.